The van der Waals surface area contributed by atoms with Crippen LogP contribution in [0.15, 0.2) is 19.0 Å². The summed E-state index contributed by atoms with van der Waals surface area (Å²) in [4.78, 5) is 0. The van der Waals surface area contributed by atoms with Crippen LogP contribution in [0.3, 0.4) is 0 Å². The number of nitrogens with zero attached hydrogens (tertiary/aromatic N) is 2. The highest BCUT2D eigenvalue weighted by atomic mass is 15.3. The maximum atomic E-state index is 5.43. The Morgan fingerprint density at radius 2 is 2.60 bits per heavy atom. The quantitative estimate of drug-likeness (QED) is 0.656. The van der Waals surface area contributed by atoms with Crippen molar-refractivity contribution in [3.05, 3.63) is 24.5 Å². The topological polar surface area (TPSA) is 43.8 Å². The number of hydrogen-bond donors (Lipinski definition) is 1. The molecule has 0 aromatic carbocycles. The Bertz CT molecular complexity index is 237. The van der Waals surface area contributed by atoms with E-state index in [1.165, 1.54) is 0 Å². The molecule has 0 amide bonds. The number of aryl methyl sites for hydroxylation is 1. The minimum Gasteiger partial charge on any atom is -0.399 e. The van der Waals surface area contributed by atoms with Gasteiger partial charge in [-0.1, -0.05) is 6.58 Å². The van der Waals surface area contributed by atoms with Gasteiger partial charge in [0.2, 0.25) is 0 Å². The summed E-state index contributed by atoms with van der Waals surface area (Å²) in [7, 11) is 0. The Hall–Kier alpha value is -1.25. The van der Waals surface area contributed by atoms with Crippen LogP contribution in [0.5, 0.6) is 0 Å². The second kappa shape index (κ2) is 2.56. The summed E-state index contributed by atoms with van der Waals surface area (Å²) in [6, 6.07) is 0. The molecule has 1 rings (SSSR count). The summed E-state index contributed by atoms with van der Waals surface area (Å²) < 4.78 is 1.81. The van der Waals surface area contributed by atoms with Gasteiger partial charge in [0.05, 0.1) is 6.20 Å². The summed E-state index contributed by atoms with van der Waals surface area (Å²) >= 11 is 0. The van der Waals surface area contributed by atoms with E-state index in [-0.39, 0.29) is 0 Å². The lowest BCUT2D eigenvalue weighted by molar-refractivity contribution is 0.659. The number of rotatable bonds is 2. The molecule has 2 N–H and O–H groups in total. The maximum Gasteiger partial charge on any atom is 0.0582 e. The Morgan fingerprint density at radius 1 is 1.90 bits per heavy atom. The second-order valence-electron chi connectivity index (χ2n) is 2.11. The van der Waals surface area contributed by atoms with E-state index in [0.29, 0.717) is 5.70 Å². The van der Waals surface area contributed by atoms with Crippen LogP contribution in [-0.2, 0) is 6.54 Å². The fourth-order valence-corrected chi connectivity index (χ4v) is 0.702. The Morgan fingerprint density at radius 3 is 2.90 bits per heavy atom. The zero-order chi connectivity index (χ0) is 7.56. The molecule has 0 unspecified atom stereocenters. The van der Waals surface area contributed by atoms with Crippen molar-refractivity contribution in [1.82, 2.24) is 9.78 Å². The molecule has 0 aliphatic rings. The van der Waals surface area contributed by atoms with Gasteiger partial charge >= 0.3 is 0 Å². The van der Waals surface area contributed by atoms with Crippen LogP contribution < -0.4 is 5.73 Å². The molecule has 0 saturated heterocycles. The van der Waals surface area contributed by atoms with Crippen molar-refractivity contribution in [2.75, 3.05) is 0 Å². The van der Waals surface area contributed by atoms with Gasteiger partial charge in [-0.05, 0) is 6.92 Å². The third-order valence-corrected chi connectivity index (χ3v) is 1.33. The predicted molar refractivity (Wildman–Crippen MR) is 41.1 cm³/mol. The summed E-state index contributed by atoms with van der Waals surface area (Å²) in [5.74, 6) is 0. The minimum atomic E-state index is 0.569. The van der Waals surface area contributed by atoms with Gasteiger partial charge in [-0.25, -0.2) is 0 Å². The van der Waals surface area contributed by atoms with Gasteiger partial charge in [-0.3, -0.25) is 4.68 Å². The van der Waals surface area contributed by atoms with Crippen LogP contribution in [0.1, 0.15) is 12.5 Å². The molecule has 1 aromatic rings. The number of nitrogens with two attached hydrogens (primary N) is 1. The fraction of sp³-hybridized carbons (Fsp3) is 0.286. The molecule has 0 aliphatic carbocycles. The Balaban J connectivity index is 2.88. The standard InChI is InChI=1S/C7H11N3/c1-3-10-5-7(4-9-10)6(2)8/h4-5H,2-3,8H2,1H3. The van der Waals surface area contributed by atoms with Crippen LogP contribution >= 0.6 is 0 Å². The lowest BCUT2D eigenvalue weighted by Gasteiger charge is -1.91. The van der Waals surface area contributed by atoms with E-state index in [9.17, 15) is 0 Å². The van der Waals surface area contributed by atoms with Crippen molar-refractivity contribution < 1.29 is 0 Å². The first-order chi connectivity index (χ1) is 4.74. The summed E-state index contributed by atoms with van der Waals surface area (Å²) in [6.07, 6.45) is 3.59. The fourth-order valence-electron chi connectivity index (χ4n) is 0.702. The van der Waals surface area contributed by atoms with E-state index in [4.69, 9.17) is 5.73 Å². The third kappa shape index (κ3) is 1.18. The highest BCUT2D eigenvalue weighted by molar-refractivity contribution is 5.58. The largest absolute Gasteiger partial charge is 0.399 e. The van der Waals surface area contributed by atoms with E-state index in [1.54, 1.807) is 6.20 Å². The van der Waals surface area contributed by atoms with E-state index in [0.717, 1.165) is 12.1 Å². The predicted octanol–water partition coefficient (Wildman–Crippen LogP) is 0.832. The molecule has 54 valence electrons. The van der Waals surface area contributed by atoms with Crippen LogP contribution in [0, 0.1) is 0 Å². The van der Waals surface area contributed by atoms with Crippen LogP contribution in [0.4, 0.5) is 0 Å². The highest BCUT2D eigenvalue weighted by Crippen LogP contribution is 2.03. The molecule has 1 heterocycles. The molecular formula is C7H11N3. The van der Waals surface area contributed by atoms with Crippen molar-refractivity contribution in [3.63, 3.8) is 0 Å². The number of aromatic nitrogens is 2. The van der Waals surface area contributed by atoms with Crippen molar-refractivity contribution in [3.8, 4) is 0 Å². The molecule has 0 radical (unpaired) electrons. The zero-order valence-electron chi connectivity index (χ0n) is 6.04. The van der Waals surface area contributed by atoms with Gasteiger partial charge in [-0.2, -0.15) is 5.10 Å². The summed E-state index contributed by atoms with van der Waals surface area (Å²) in [6.45, 7) is 6.49. The average molecular weight is 137 g/mol. The molecule has 10 heavy (non-hydrogen) atoms. The molecule has 1 aromatic heterocycles. The molecule has 0 spiro atoms. The molecule has 0 aliphatic heterocycles. The second-order valence-corrected chi connectivity index (χ2v) is 2.11. The van der Waals surface area contributed by atoms with Gasteiger partial charge in [0.15, 0.2) is 0 Å². The first-order valence-electron chi connectivity index (χ1n) is 3.21. The van der Waals surface area contributed by atoms with Crippen LogP contribution in [-0.4, -0.2) is 9.78 Å². The summed E-state index contributed by atoms with van der Waals surface area (Å²) in [5.41, 5.74) is 6.91. The molecule has 3 heteroatoms. The van der Waals surface area contributed by atoms with Gasteiger partial charge in [0.1, 0.15) is 0 Å². The third-order valence-electron chi connectivity index (χ3n) is 1.33. The normalized spacial score (nSPS) is 9.70. The van der Waals surface area contributed by atoms with Gasteiger partial charge in [-0.15, -0.1) is 0 Å². The summed E-state index contributed by atoms with van der Waals surface area (Å²) in [5, 5.41) is 4.03. The van der Waals surface area contributed by atoms with Crippen molar-refractivity contribution >= 4 is 5.70 Å². The smallest absolute Gasteiger partial charge is 0.0582 e. The van der Waals surface area contributed by atoms with Gasteiger partial charge < -0.3 is 5.73 Å². The van der Waals surface area contributed by atoms with Crippen LogP contribution in [0.2, 0.25) is 0 Å². The number of hydrogen-bond acceptors (Lipinski definition) is 2. The van der Waals surface area contributed by atoms with E-state index >= 15 is 0 Å². The highest BCUT2D eigenvalue weighted by Gasteiger charge is 1.95. The van der Waals surface area contributed by atoms with E-state index < -0.39 is 0 Å². The molecular weight excluding hydrogens is 126 g/mol. The van der Waals surface area contributed by atoms with Crippen molar-refractivity contribution in [1.29, 1.82) is 0 Å². The molecule has 0 saturated carbocycles. The van der Waals surface area contributed by atoms with E-state index in [2.05, 4.69) is 11.7 Å². The maximum absolute atomic E-state index is 5.43. The van der Waals surface area contributed by atoms with Crippen molar-refractivity contribution in [2.45, 2.75) is 13.5 Å². The average Bonchev–Trinajstić information content (AvgIpc) is 2.34. The lowest BCUT2D eigenvalue weighted by Crippen LogP contribution is -1.94. The monoisotopic (exact) mass is 137 g/mol. The Kier molecular flexibility index (Phi) is 1.76. The first kappa shape index (κ1) is 6.86. The van der Waals surface area contributed by atoms with E-state index in [1.807, 2.05) is 17.8 Å². The van der Waals surface area contributed by atoms with Gasteiger partial charge in [0.25, 0.3) is 0 Å². The first-order valence-corrected chi connectivity index (χ1v) is 3.21. The molecule has 3 nitrogen and oxygen atoms in total. The minimum absolute atomic E-state index is 0.569. The lowest BCUT2D eigenvalue weighted by atomic mass is 10.3. The molecule has 0 bridgehead atoms. The SMILES string of the molecule is C=C(N)c1cnn(CC)c1. The Labute approximate surface area is 60.1 Å². The zero-order valence-corrected chi connectivity index (χ0v) is 6.04. The van der Waals surface area contributed by atoms with Crippen molar-refractivity contribution in [2.24, 2.45) is 5.73 Å². The molecule has 0 fully saturated rings. The van der Waals surface area contributed by atoms with Crippen LogP contribution in [0.25, 0.3) is 5.70 Å². The van der Waals surface area contributed by atoms with Gasteiger partial charge in [0, 0.05) is 24.0 Å². The molecule has 0 atom stereocenters.